The third kappa shape index (κ3) is 3.37. The van der Waals surface area contributed by atoms with Gasteiger partial charge in [-0.3, -0.25) is 9.69 Å². The molecule has 1 aliphatic rings. The summed E-state index contributed by atoms with van der Waals surface area (Å²) in [6.45, 7) is 3.39. The van der Waals surface area contributed by atoms with E-state index >= 15 is 0 Å². The van der Waals surface area contributed by atoms with Crippen molar-refractivity contribution in [3.8, 4) is 5.75 Å². The minimum absolute atomic E-state index is 0.197. The molecule has 1 heterocycles. The Morgan fingerprint density at radius 3 is 2.61 bits per heavy atom. The second kappa shape index (κ2) is 6.84. The highest BCUT2D eigenvalue weighted by atomic mass is 16.5. The number of para-hydroxylation sites is 1. The van der Waals surface area contributed by atoms with Gasteiger partial charge in [-0.05, 0) is 30.5 Å². The molecule has 120 valence electrons. The molecule has 1 aliphatic heterocycles. The Morgan fingerprint density at radius 2 is 1.87 bits per heavy atom. The van der Waals surface area contributed by atoms with Gasteiger partial charge in [-0.2, -0.15) is 0 Å². The smallest absolute Gasteiger partial charge is 0.323 e. The van der Waals surface area contributed by atoms with Gasteiger partial charge in [0.25, 0.3) is 0 Å². The molecule has 0 radical (unpaired) electrons. The summed E-state index contributed by atoms with van der Waals surface area (Å²) in [5, 5.41) is 10.0. The van der Waals surface area contributed by atoms with Crippen molar-refractivity contribution in [2.75, 3.05) is 6.61 Å². The molecular weight excluding hydrogens is 290 g/mol. The number of esters is 1. The molecule has 1 N–H and O–H groups in total. The molecule has 23 heavy (non-hydrogen) atoms. The van der Waals surface area contributed by atoms with E-state index < -0.39 is 0 Å². The van der Waals surface area contributed by atoms with Crippen molar-refractivity contribution < 1.29 is 14.6 Å². The van der Waals surface area contributed by atoms with Crippen molar-refractivity contribution in [2.24, 2.45) is 0 Å². The van der Waals surface area contributed by atoms with Crippen LogP contribution < -0.4 is 0 Å². The molecule has 0 amide bonds. The van der Waals surface area contributed by atoms with Crippen molar-refractivity contribution in [3.63, 3.8) is 0 Å². The molecule has 0 fully saturated rings. The Balaban J connectivity index is 1.88. The number of carbonyl (C=O) groups excluding carboxylic acids is 1. The Kier molecular flexibility index (Phi) is 4.63. The number of hydrogen-bond acceptors (Lipinski definition) is 4. The Hall–Kier alpha value is -2.33. The first-order valence-corrected chi connectivity index (χ1v) is 7.93. The second-order valence-electron chi connectivity index (χ2n) is 5.77. The van der Waals surface area contributed by atoms with E-state index in [1.54, 1.807) is 12.1 Å². The van der Waals surface area contributed by atoms with Crippen LogP contribution in [0.25, 0.3) is 0 Å². The van der Waals surface area contributed by atoms with E-state index in [2.05, 4.69) is 17.0 Å². The molecule has 0 bridgehead atoms. The fourth-order valence-corrected chi connectivity index (χ4v) is 3.08. The van der Waals surface area contributed by atoms with Gasteiger partial charge < -0.3 is 9.84 Å². The van der Waals surface area contributed by atoms with E-state index in [4.69, 9.17) is 4.74 Å². The number of phenolic OH excluding ortho intramolecular Hbond substituents is 1. The number of aromatic hydroxyl groups is 1. The van der Waals surface area contributed by atoms with E-state index in [0.717, 1.165) is 5.56 Å². The van der Waals surface area contributed by atoms with Gasteiger partial charge in [-0.15, -0.1) is 0 Å². The SMILES string of the molecule is CCOC(=O)C1Cc2ccccc2CN1Cc1ccccc1O. The summed E-state index contributed by atoms with van der Waals surface area (Å²) in [4.78, 5) is 14.4. The first-order chi connectivity index (χ1) is 11.2. The Morgan fingerprint density at radius 1 is 1.17 bits per heavy atom. The van der Waals surface area contributed by atoms with Gasteiger partial charge in [-0.25, -0.2) is 0 Å². The first kappa shape index (κ1) is 15.6. The van der Waals surface area contributed by atoms with Crippen LogP contribution in [0.5, 0.6) is 5.75 Å². The largest absolute Gasteiger partial charge is 0.508 e. The minimum Gasteiger partial charge on any atom is -0.508 e. The summed E-state index contributed by atoms with van der Waals surface area (Å²) >= 11 is 0. The number of rotatable bonds is 4. The fraction of sp³-hybridized carbons (Fsp3) is 0.316. The van der Waals surface area contributed by atoms with Crippen LogP contribution in [0.15, 0.2) is 48.5 Å². The van der Waals surface area contributed by atoms with Gasteiger partial charge in [0.15, 0.2) is 0 Å². The summed E-state index contributed by atoms with van der Waals surface area (Å²) in [6, 6.07) is 15.1. The lowest BCUT2D eigenvalue weighted by molar-refractivity contribution is -0.150. The molecule has 3 rings (SSSR count). The van der Waals surface area contributed by atoms with Crippen LogP contribution in [0.3, 0.4) is 0 Å². The Labute approximate surface area is 136 Å². The van der Waals surface area contributed by atoms with Gasteiger partial charge in [-0.1, -0.05) is 42.5 Å². The lowest BCUT2D eigenvalue weighted by Gasteiger charge is -2.35. The van der Waals surface area contributed by atoms with Gasteiger partial charge in [0.2, 0.25) is 0 Å². The third-order valence-electron chi connectivity index (χ3n) is 4.27. The zero-order valence-electron chi connectivity index (χ0n) is 13.2. The number of ether oxygens (including phenoxy) is 1. The fourth-order valence-electron chi connectivity index (χ4n) is 3.08. The van der Waals surface area contributed by atoms with Crippen LogP contribution in [0.4, 0.5) is 0 Å². The van der Waals surface area contributed by atoms with E-state index in [0.29, 0.717) is 26.1 Å². The summed E-state index contributed by atoms with van der Waals surface area (Å²) in [5.41, 5.74) is 3.24. The lowest BCUT2D eigenvalue weighted by Crippen LogP contribution is -2.45. The molecule has 0 aliphatic carbocycles. The molecule has 0 spiro atoms. The second-order valence-corrected chi connectivity index (χ2v) is 5.77. The number of carbonyl (C=O) groups is 1. The predicted molar refractivity (Wildman–Crippen MR) is 87.9 cm³/mol. The van der Waals surface area contributed by atoms with Crippen molar-refractivity contribution in [2.45, 2.75) is 32.5 Å². The van der Waals surface area contributed by atoms with Gasteiger partial charge in [0.05, 0.1) is 6.61 Å². The van der Waals surface area contributed by atoms with Crippen LogP contribution in [-0.4, -0.2) is 28.6 Å². The van der Waals surface area contributed by atoms with Crippen molar-refractivity contribution >= 4 is 5.97 Å². The van der Waals surface area contributed by atoms with Gasteiger partial charge in [0.1, 0.15) is 11.8 Å². The maximum atomic E-state index is 12.4. The zero-order valence-corrected chi connectivity index (χ0v) is 13.2. The highest BCUT2D eigenvalue weighted by Crippen LogP contribution is 2.27. The number of fused-ring (bicyclic) bond motifs is 1. The molecule has 2 aromatic carbocycles. The average Bonchev–Trinajstić information content (AvgIpc) is 2.56. The number of nitrogens with zero attached hydrogens (tertiary/aromatic N) is 1. The molecular formula is C19H21NO3. The quantitative estimate of drug-likeness (QED) is 0.882. The molecule has 0 saturated carbocycles. The summed E-state index contributed by atoms with van der Waals surface area (Å²) in [5.74, 6) is 0.0615. The minimum atomic E-state index is -0.315. The topological polar surface area (TPSA) is 49.8 Å². The lowest BCUT2D eigenvalue weighted by atomic mass is 9.93. The molecule has 0 aromatic heterocycles. The van der Waals surface area contributed by atoms with Crippen LogP contribution in [-0.2, 0) is 29.0 Å². The predicted octanol–water partition coefficient (Wildman–Crippen LogP) is 2.88. The highest BCUT2D eigenvalue weighted by molar-refractivity contribution is 5.76. The molecule has 1 atom stereocenters. The van der Waals surface area contributed by atoms with Crippen molar-refractivity contribution in [1.82, 2.24) is 4.90 Å². The molecule has 4 heteroatoms. The standard InChI is InChI=1S/C19H21NO3/c1-2-23-19(22)17-11-14-7-3-4-8-15(14)12-20(17)13-16-9-5-6-10-18(16)21/h3-10,17,21H,2,11-13H2,1H3. The normalized spacial score (nSPS) is 17.5. The maximum Gasteiger partial charge on any atom is 0.323 e. The molecule has 1 unspecified atom stereocenters. The summed E-state index contributed by atoms with van der Waals surface area (Å²) < 4.78 is 5.25. The van der Waals surface area contributed by atoms with Crippen molar-refractivity contribution in [1.29, 1.82) is 0 Å². The van der Waals surface area contributed by atoms with Crippen LogP contribution in [0, 0.1) is 0 Å². The number of hydrogen-bond donors (Lipinski definition) is 1. The molecule has 4 nitrogen and oxygen atoms in total. The zero-order chi connectivity index (χ0) is 16.2. The number of phenols is 1. The van der Waals surface area contributed by atoms with Crippen LogP contribution >= 0.6 is 0 Å². The van der Waals surface area contributed by atoms with Gasteiger partial charge in [0, 0.05) is 18.7 Å². The Bertz CT molecular complexity index is 699. The van der Waals surface area contributed by atoms with E-state index in [9.17, 15) is 9.90 Å². The summed E-state index contributed by atoms with van der Waals surface area (Å²) in [6.07, 6.45) is 0.641. The third-order valence-corrected chi connectivity index (χ3v) is 4.27. The average molecular weight is 311 g/mol. The maximum absolute atomic E-state index is 12.4. The highest BCUT2D eigenvalue weighted by Gasteiger charge is 2.32. The van der Waals surface area contributed by atoms with E-state index in [1.165, 1.54) is 11.1 Å². The molecule has 0 saturated heterocycles. The van der Waals surface area contributed by atoms with Crippen LogP contribution in [0.1, 0.15) is 23.6 Å². The first-order valence-electron chi connectivity index (χ1n) is 7.93. The molecule has 2 aromatic rings. The summed E-state index contributed by atoms with van der Waals surface area (Å²) in [7, 11) is 0. The van der Waals surface area contributed by atoms with E-state index in [-0.39, 0.29) is 17.8 Å². The number of benzene rings is 2. The van der Waals surface area contributed by atoms with E-state index in [1.807, 2.05) is 31.2 Å². The van der Waals surface area contributed by atoms with Gasteiger partial charge >= 0.3 is 5.97 Å². The monoisotopic (exact) mass is 311 g/mol. The van der Waals surface area contributed by atoms with Crippen LogP contribution in [0.2, 0.25) is 0 Å². The van der Waals surface area contributed by atoms with Crippen molar-refractivity contribution in [3.05, 3.63) is 65.2 Å².